The highest BCUT2D eigenvalue weighted by molar-refractivity contribution is 7.92. The van der Waals surface area contributed by atoms with Crippen LogP contribution in [0, 0.1) is 6.92 Å². The van der Waals surface area contributed by atoms with E-state index in [0.29, 0.717) is 17.0 Å². The fourth-order valence-corrected chi connectivity index (χ4v) is 5.21. The average molecular weight is 444 g/mol. The third-order valence-corrected chi connectivity index (χ3v) is 11.7. The van der Waals surface area contributed by atoms with E-state index in [4.69, 9.17) is 4.43 Å². The maximum Gasteiger partial charge on any atom is 0.264 e. The van der Waals surface area contributed by atoms with Crippen molar-refractivity contribution in [2.75, 3.05) is 10.8 Å². The van der Waals surface area contributed by atoms with Crippen molar-refractivity contribution >= 4 is 29.8 Å². The summed E-state index contributed by atoms with van der Waals surface area (Å²) in [5.41, 5.74) is 2.20. The van der Waals surface area contributed by atoms with Crippen molar-refractivity contribution in [2.24, 2.45) is 0 Å². The predicted molar refractivity (Wildman–Crippen MR) is 130 cm³/mol. The molecule has 0 saturated carbocycles. The van der Waals surface area contributed by atoms with Crippen molar-refractivity contribution < 1.29 is 12.8 Å². The molecule has 2 aromatic carbocycles. The first-order valence-electron chi connectivity index (χ1n) is 9.99. The van der Waals surface area contributed by atoms with Gasteiger partial charge in [0.15, 0.2) is 0 Å². The summed E-state index contributed by atoms with van der Waals surface area (Å²) in [6.45, 7) is 20.7. The minimum Gasteiger partial charge on any atom is -0.543 e. The van der Waals surface area contributed by atoms with Gasteiger partial charge >= 0.3 is 0 Å². The van der Waals surface area contributed by atoms with Crippen molar-refractivity contribution in [3.8, 4) is 0 Å². The fourth-order valence-electron chi connectivity index (χ4n) is 2.72. The van der Waals surface area contributed by atoms with E-state index in [9.17, 15) is 8.42 Å². The smallest absolute Gasteiger partial charge is 0.264 e. The quantitative estimate of drug-likeness (QED) is 0.270. The molecule has 2 rings (SSSR count). The summed E-state index contributed by atoms with van der Waals surface area (Å²) in [7, 11) is -5.92. The van der Waals surface area contributed by atoms with Gasteiger partial charge in [-0.1, -0.05) is 63.3 Å². The Labute approximate surface area is 183 Å². The molecule has 0 spiro atoms. The first kappa shape index (κ1) is 24.0. The molecule has 0 aliphatic heterocycles. The van der Waals surface area contributed by atoms with E-state index in [1.165, 1.54) is 4.31 Å². The van der Waals surface area contributed by atoms with Gasteiger partial charge < -0.3 is 4.43 Å². The van der Waals surface area contributed by atoms with E-state index in [0.717, 1.165) is 5.56 Å². The highest BCUT2D eigenvalue weighted by atomic mass is 32.2. The highest BCUT2D eigenvalue weighted by Crippen LogP contribution is 2.40. The van der Waals surface area contributed by atoms with Gasteiger partial charge in [0.05, 0.1) is 17.1 Å². The molecule has 6 heteroatoms. The second kappa shape index (κ2) is 8.82. The number of hydrogen-bond donors (Lipinski definition) is 0. The SMILES string of the molecule is C=CCN(c1ccccc1C(=C)O[Si](C)(C)C(C)(C)C)S(=O)(=O)c1ccc(C)cc1. The Morgan fingerprint density at radius 2 is 1.67 bits per heavy atom. The highest BCUT2D eigenvalue weighted by Gasteiger charge is 2.39. The molecule has 0 aliphatic rings. The largest absolute Gasteiger partial charge is 0.543 e. The monoisotopic (exact) mass is 443 g/mol. The third-order valence-electron chi connectivity index (χ3n) is 5.56. The van der Waals surface area contributed by atoms with E-state index >= 15 is 0 Å². The first-order chi connectivity index (χ1) is 13.8. The second-order valence-corrected chi connectivity index (χ2v) is 15.5. The summed E-state index contributed by atoms with van der Waals surface area (Å²) < 4.78 is 34.7. The predicted octanol–water partition coefficient (Wildman–Crippen LogP) is 6.37. The number of aryl methyl sites for hydroxylation is 1. The minimum atomic E-state index is -3.78. The van der Waals surface area contributed by atoms with Crippen LogP contribution in [0.25, 0.3) is 5.76 Å². The second-order valence-electron chi connectivity index (χ2n) is 8.94. The Bertz CT molecular complexity index is 1020. The number of hydrogen-bond acceptors (Lipinski definition) is 3. The minimum absolute atomic E-state index is 0.000335. The average Bonchev–Trinajstić information content (AvgIpc) is 2.65. The van der Waals surface area contributed by atoms with Gasteiger partial charge in [0.25, 0.3) is 10.0 Å². The number of para-hydroxylation sites is 1. The van der Waals surface area contributed by atoms with Crippen LogP contribution in [0.3, 0.4) is 0 Å². The Kier molecular flexibility index (Phi) is 7.04. The van der Waals surface area contributed by atoms with Crippen LogP contribution in [-0.2, 0) is 14.4 Å². The van der Waals surface area contributed by atoms with Gasteiger partial charge in [0.2, 0.25) is 8.32 Å². The lowest BCUT2D eigenvalue weighted by Gasteiger charge is -2.37. The van der Waals surface area contributed by atoms with Gasteiger partial charge in [-0.05, 0) is 49.3 Å². The molecule has 0 aromatic heterocycles. The standard InChI is InChI=1S/C24H33NO3SSi/c1-9-18-25(29(26,27)21-16-14-19(2)15-17-21)23-13-11-10-12-22(23)20(3)28-30(7,8)24(4,5)6/h9-17H,1,3,18H2,2,4-8H3. The van der Waals surface area contributed by atoms with Crippen molar-refractivity contribution in [3.63, 3.8) is 0 Å². The summed E-state index contributed by atoms with van der Waals surface area (Å²) >= 11 is 0. The van der Waals surface area contributed by atoms with Gasteiger partial charge in [-0.25, -0.2) is 8.42 Å². The molecular weight excluding hydrogens is 410 g/mol. The van der Waals surface area contributed by atoms with Gasteiger partial charge in [-0.2, -0.15) is 0 Å². The number of nitrogens with zero attached hydrogens (tertiary/aromatic N) is 1. The maximum absolute atomic E-state index is 13.5. The first-order valence-corrected chi connectivity index (χ1v) is 14.3. The topological polar surface area (TPSA) is 46.6 Å². The summed E-state index contributed by atoms with van der Waals surface area (Å²) in [4.78, 5) is 0.237. The summed E-state index contributed by atoms with van der Waals surface area (Å²) in [6.07, 6.45) is 1.58. The van der Waals surface area contributed by atoms with Crippen LogP contribution in [0.2, 0.25) is 18.1 Å². The van der Waals surface area contributed by atoms with E-state index in [1.807, 2.05) is 25.1 Å². The van der Waals surface area contributed by atoms with Crippen LogP contribution in [0.15, 0.2) is 72.7 Å². The Morgan fingerprint density at radius 1 is 1.10 bits per heavy atom. The number of benzene rings is 2. The van der Waals surface area contributed by atoms with E-state index < -0.39 is 18.3 Å². The number of anilines is 1. The van der Waals surface area contributed by atoms with Gasteiger partial charge in [-0.15, -0.1) is 6.58 Å². The van der Waals surface area contributed by atoms with Gasteiger partial charge in [-0.3, -0.25) is 4.31 Å². The van der Waals surface area contributed by atoms with Crippen molar-refractivity contribution in [2.45, 2.75) is 50.7 Å². The lowest BCUT2D eigenvalue weighted by molar-refractivity contribution is 0.459. The molecule has 0 fully saturated rings. The van der Waals surface area contributed by atoms with Crippen LogP contribution in [0.1, 0.15) is 31.9 Å². The molecule has 0 atom stereocenters. The Morgan fingerprint density at radius 3 is 2.20 bits per heavy atom. The lowest BCUT2D eigenvalue weighted by atomic mass is 10.1. The van der Waals surface area contributed by atoms with Crippen LogP contribution in [0.4, 0.5) is 5.69 Å². The number of rotatable bonds is 8. The molecule has 0 saturated heterocycles. The molecule has 0 amide bonds. The molecule has 2 aromatic rings. The van der Waals surface area contributed by atoms with Crippen LogP contribution in [-0.4, -0.2) is 23.3 Å². The molecule has 0 N–H and O–H groups in total. The Balaban J connectivity index is 2.54. The molecule has 0 aliphatic carbocycles. The summed E-state index contributed by atoms with van der Waals surface area (Å²) in [6, 6.07) is 14.2. The van der Waals surface area contributed by atoms with Crippen molar-refractivity contribution in [3.05, 3.63) is 78.9 Å². The molecular formula is C24H33NO3SSi. The molecule has 0 heterocycles. The van der Waals surface area contributed by atoms with Crippen LogP contribution in [0.5, 0.6) is 0 Å². The molecule has 30 heavy (non-hydrogen) atoms. The molecule has 0 radical (unpaired) electrons. The molecule has 0 bridgehead atoms. The maximum atomic E-state index is 13.5. The zero-order valence-electron chi connectivity index (χ0n) is 18.9. The molecule has 0 unspecified atom stereocenters. The fraction of sp³-hybridized carbons (Fsp3) is 0.333. The van der Waals surface area contributed by atoms with Gasteiger partial charge in [0.1, 0.15) is 5.76 Å². The van der Waals surface area contributed by atoms with E-state index in [2.05, 4.69) is 47.0 Å². The number of sulfonamides is 1. The summed E-state index contributed by atoms with van der Waals surface area (Å²) in [5, 5.41) is -0.000335. The zero-order chi connectivity index (χ0) is 22.7. The molecule has 4 nitrogen and oxygen atoms in total. The third kappa shape index (κ3) is 5.05. The van der Waals surface area contributed by atoms with E-state index in [1.54, 1.807) is 36.4 Å². The molecule has 162 valence electrons. The van der Waals surface area contributed by atoms with Gasteiger partial charge in [0, 0.05) is 5.56 Å². The zero-order valence-corrected chi connectivity index (χ0v) is 20.7. The van der Waals surface area contributed by atoms with Crippen LogP contribution < -0.4 is 4.31 Å². The van der Waals surface area contributed by atoms with E-state index in [-0.39, 0.29) is 16.5 Å². The van der Waals surface area contributed by atoms with Crippen molar-refractivity contribution in [1.29, 1.82) is 0 Å². The normalized spacial score (nSPS) is 12.3. The summed E-state index contributed by atoms with van der Waals surface area (Å²) in [5.74, 6) is 0.491. The van der Waals surface area contributed by atoms with Crippen molar-refractivity contribution in [1.82, 2.24) is 0 Å². The van der Waals surface area contributed by atoms with Crippen LogP contribution >= 0.6 is 0 Å². The lowest BCUT2D eigenvalue weighted by Crippen LogP contribution is -2.40. The Hall–Kier alpha value is -2.31.